The molecule has 0 saturated carbocycles. The van der Waals surface area contributed by atoms with Crippen LogP contribution in [0.3, 0.4) is 0 Å². The van der Waals surface area contributed by atoms with Gasteiger partial charge in [-0.2, -0.15) is 0 Å². The number of carbonyl (C=O) groups excluding carboxylic acids is 3. The van der Waals surface area contributed by atoms with Crippen molar-refractivity contribution in [1.29, 1.82) is 0 Å². The first kappa shape index (κ1) is 70.9. The van der Waals surface area contributed by atoms with Crippen LogP contribution in [0, 0.1) is 0 Å². The standard InChI is InChI=1S/C67H126O6/c1-4-7-10-13-16-19-22-25-28-31-32-33-34-37-39-42-45-48-51-54-57-60-66(69)72-63-64(73-67(70)61-58-55-52-49-46-43-40-36-30-27-24-21-18-15-12-9-6-3)62-71-65(68)59-56-53-50-47-44-41-38-35-29-26-23-20-17-14-11-8-5-2/h25-26,28-29,64H,4-24,27,30-63H2,1-3H3/b28-25-,29-26-/t64-/m0/s1. The highest BCUT2D eigenvalue weighted by Gasteiger charge is 2.19. The van der Waals surface area contributed by atoms with Crippen LogP contribution in [0.25, 0.3) is 0 Å². The third-order valence-electron chi connectivity index (χ3n) is 14.9. The summed E-state index contributed by atoms with van der Waals surface area (Å²) >= 11 is 0. The van der Waals surface area contributed by atoms with Crippen LogP contribution >= 0.6 is 0 Å². The average molecular weight is 1030 g/mol. The minimum absolute atomic E-state index is 0.0677. The summed E-state index contributed by atoms with van der Waals surface area (Å²) < 4.78 is 17.0. The summed E-state index contributed by atoms with van der Waals surface area (Å²) in [6.07, 6.45) is 74.7. The zero-order valence-electron chi connectivity index (χ0n) is 49.4. The Hall–Kier alpha value is -2.11. The molecule has 6 heteroatoms. The second-order valence-corrected chi connectivity index (χ2v) is 22.4. The third kappa shape index (κ3) is 60.6. The Kier molecular flexibility index (Phi) is 60.6. The van der Waals surface area contributed by atoms with Gasteiger partial charge in [-0.3, -0.25) is 14.4 Å². The lowest BCUT2D eigenvalue weighted by atomic mass is 10.0. The van der Waals surface area contributed by atoms with E-state index in [0.717, 1.165) is 57.8 Å². The van der Waals surface area contributed by atoms with Crippen molar-refractivity contribution in [3.63, 3.8) is 0 Å². The van der Waals surface area contributed by atoms with Crippen LogP contribution in [0.15, 0.2) is 24.3 Å². The van der Waals surface area contributed by atoms with Crippen molar-refractivity contribution >= 4 is 17.9 Å². The van der Waals surface area contributed by atoms with Gasteiger partial charge < -0.3 is 14.2 Å². The number of allylic oxidation sites excluding steroid dienone is 4. The van der Waals surface area contributed by atoms with Crippen LogP contribution in [0.1, 0.15) is 367 Å². The summed E-state index contributed by atoms with van der Waals surface area (Å²) in [7, 11) is 0. The zero-order valence-corrected chi connectivity index (χ0v) is 49.4. The summed E-state index contributed by atoms with van der Waals surface area (Å²) in [4.78, 5) is 38.3. The molecule has 6 nitrogen and oxygen atoms in total. The van der Waals surface area contributed by atoms with E-state index in [4.69, 9.17) is 14.2 Å². The summed E-state index contributed by atoms with van der Waals surface area (Å²) in [5, 5.41) is 0. The number of esters is 3. The molecule has 0 aliphatic carbocycles. The van der Waals surface area contributed by atoms with E-state index in [2.05, 4.69) is 45.1 Å². The van der Waals surface area contributed by atoms with E-state index < -0.39 is 6.10 Å². The highest BCUT2D eigenvalue weighted by molar-refractivity contribution is 5.71. The Morgan fingerprint density at radius 2 is 0.452 bits per heavy atom. The number of unbranched alkanes of at least 4 members (excludes halogenated alkanes) is 46. The molecule has 73 heavy (non-hydrogen) atoms. The molecule has 0 aliphatic rings. The summed E-state index contributed by atoms with van der Waals surface area (Å²) in [6.45, 7) is 6.70. The van der Waals surface area contributed by atoms with E-state index in [-0.39, 0.29) is 31.1 Å². The first-order valence-corrected chi connectivity index (χ1v) is 32.8. The van der Waals surface area contributed by atoms with Gasteiger partial charge in [0.15, 0.2) is 6.10 Å². The van der Waals surface area contributed by atoms with Crippen molar-refractivity contribution in [1.82, 2.24) is 0 Å². The van der Waals surface area contributed by atoms with Crippen molar-refractivity contribution in [2.24, 2.45) is 0 Å². The van der Waals surface area contributed by atoms with Gasteiger partial charge in [-0.25, -0.2) is 0 Å². The van der Waals surface area contributed by atoms with Crippen molar-refractivity contribution in [2.45, 2.75) is 374 Å². The smallest absolute Gasteiger partial charge is 0.306 e. The zero-order chi connectivity index (χ0) is 52.9. The maximum absolute atomic E-state index is 12.9. The SMILES string of the molecule is CCCCCCCC/C=C\CCCCCCCCCCCCCC(=O)OC[C@H](COC(=O)CCCCCCCCC/C=C\CCCCCCCC)OC(=O)CCCCCCCCCCCCCCCCCCC. The Morgan fingerprint density at radius 3 is 0.685 bits per heavy atom. The molecule has 0 aromatic heterocycles. The Labute approximate surface area is 455 Å². The lowest BCUT2D eigenvalue weighted by Gasteiger charge is -2.18. The van der Waals surface area contributed by atoms with Crippen LogP contribution in [0.4, 0.5) is 0 Å². The molecule has 0 rings (SSSR count). The second-order valence-electron chi connectivity index (χ2n) is 22.4. The minimum Gasteiger partial charge on any atom is -0.462 e. The quantitative estimate of drug-likeness (QED) is 0.0261. The summed E-state index contributed by atoms with van der Waals surface area (Å²) in [5.74, 6) is -0.844. The van der Waals surface area contributed by atoms with Gasteiger partial charge in [0, 0.05) is 19.3 Å². The monoisotopic (exact) mass is 1030 g/mol. The second kappa shape index (κ2) is 62.4. The van der Waals surface area contributed by atoms with Gasteiger partial charge in [-0.1, -0.05) is 302 Å². The number of hydrogen-bond donors (Lipinski definition) is 0. The molecule has 0 amide bonds. The Morgan fingerprint density at radius 1 is 0.260 bits per heavy atom. The predicted molar refractivity (Wildman–Crippen MR) is 316 cm³/mol. The number of carbonyl (C=O) groups is 3. The fourth-order valence-corrected chi connectivity index (χ4v) is 9.97. The lowest BCUT2D eigenvalue weighted by molar-refractivity contribution is -0.167. The van der Waals surface area contributed by atoms with Crippen molar-refractivity contribution in [3.05, 3.63) is 24.3 Å². The molecular weight excluding hydrogens is 901 g/mol. The highest BCUT2D eigenvalue weighted by Crippen LogP contribution is 2.18. The third-order valence-corrected chi connectivity index (χ3v) is 14.9. The molecule has 0 radical (unpaired) electrons. The van der Waals surface area contributed by atoms with Gasteiger partial charge in [0.25, 0.3) is 0 Å². The van der Waals surface area contributed by atoms with Crippen LogP contribution in [0.2, 0.25) is 0 Å². The van der Waals surface area contributed by atoms with Crippen molar-refractivity contribution in [3.8, 4) is 0 Å². The molecule has 0 aromatic rings. The van der Waals surface area contributed by atoms with Crippen LogP contribution in [-0.2, 0) is 28.6 Å². The molecule has 0 saturated heterocycles. The molecule has 0 N–H and O–H groups in total. The number of hydrogen-bond acceptors (Lipinski definition) is 6. The molecule has 1 atom stereocenters. The Balaban J connectivity index is 4.30. The maximum atomic E-state index is 12.9. The first-order valence-electron chi connectivity index (χ1n) is 32.8. The number of rotatable bonds is 61. The van der Waals surface area contributed by atoms with E-state index in [1.54, 1.807) is 0 Å². The lowest BCUT2D eigenvalue weighted by Crippen LogP contribution is -2.30. The summed E-state index contributed by atoms with van der Waals surface area (Å²) in [5.41, 5.74) is 0. The van der Waals surface area contributed by atoms with E-state index >= 15 is 0 Å². The fraction of sp³-hybridized carbons (Fsp3) is 0.896. The van der Waals surface area contributed by atoms with Crippen LogP contribution < -0.4 is 0 Å². The minimum atomic E-state index is -0.770. The van der Waals surface area contributed by atoms with Crippen LogP contribution in [-0.4, -0.2) is 37.2 Å². The molecule has 0 spiro atoms. The van der Waals surface area contributed by atoms with Gasteiger partial charge >= 0.3 is 17.9 Å². The van der Waals surface area contributed by atoms with Gasteiger partial charge in [-0.05, 0) is 70.6 Å². The van der Waals surface area contributed by atoms with Crippen molar-refractivity contribution < 1.29 is 28.6 Å². The largest absolute Gasteiger partial charge is 0.462 e. The molecule has 0 aromatic carbocycles. The van der Waals surface area contributed by atoms with E-state index in [0.29, 0.717) is 19.3 Å². The maximum Gasteiger partial charge on any atom is 0.306 e. The normalized spacial score (nSPS) is 12.1. The van der Waals surface area contributed by atoms with E-state index in [1.807, 2.05) is 0 Å². The number of ether oxygens (including phenoxy) is 3. The van der Waals surface area contributed by atoms with E-state index in [1.165, 1.54) is 270 Å². The molecular formula is C67H126O6. The van der Waals surface area contributed by atoms with Crippen LogP contribution in [0.5, 0.6) is 0 Å². The molecule has 430 valence electrons. The molecule has 0 unspecified atom stereocenters. The Bertz CT molecular complexity index is 1180. The molecule has 0 heterocycles. The topological polar surface area (TPSA) is 78.9 Å². The van der Waals surface area contributed by atoms with Crippen molar-refractivity contribution in [2.75, 3.05) is 13.2 Å². The molecule has 0 fully saturated rings. The van der Waals surface area contributed by atoms with Gasteiger partial charge in [0.2, 0.25) is 0 Å². The summed E-state index contributed by atoms with van der Waals surface area (Å²) in [6, 6.07) is 0. The average Bonchev–Trinajstić information content (AvgIpc) is 3.39. The first-order chi connectivity index (χ1) is 36.0. The van der Waals surface area contributed by atoms with Gasteiger partial charge in [-0.15, -0.1) is 0 Å². The van der Waals surface area contributed by atoms with Gasteiger partial charge in [0.1, 0.15) is 13.2 Å². The molecule has 0 bridgehead atoms. The van der Waals surface area contributed by atoms with E-state index in [9.17, 15) is 14.4 Å². The highest BCUT2D eigenvalue weighted by atomic mass is 16.6. The fourth-order valence-electron chi connectivity index (χ4n) is 9.97. The predicted octanol–water partition coefficient (Wildman–Crippen LogP) is 22.2. The molecule has 0 aliphatic heterocycles. The van der Waals surface area contributed by atoms with Gasteiger partial charge in [0.05, 0.1) is 0 Å².